The number of nitrogens with one attached hydrogen (secondary N) is 1. The molecule has 0 aliphatic carbocycles. The van der Waals surface area contributed by atoms with E-state index < -0.39 is 23.2 Å². The van der Waals surface area contributed by atoms with Crippen molar-refractivity contribution in [3.63, 3.8) is 0 Å². The van der Waals surface area contributed by atoms with Gasteiger partial charge in [0.1, 0.15) is 18.8 Å². The number of amides is 2. The Labute approximate surface area is 342 Å². The Morgan fingerprint density at radius 1 is 1.08 bits per heavy atom. The summed E-state index contributed by atoms with van der Waals surface area (Å²) >= 11 is 0. The van der Waals surface area contributed by atoms with Gasteiger partial charge in [-0.25, -0.2) is 4.98 Å². The van der Waals surface area contributed by atoms with Crippen molar-refractivity contribution in [2.75, 3.05) is 43.1 Å². The first kappa shape index (κ1) is 40.3. The maximum Gasteiger partial charge on any atom is 0.416 e. The van der Waals surface area contributed by atoms with Crippen molar-refractivity contribution in [3.05, 3.63) is 117 Å². The van der Waals surface area contributed by atoms with Crippen molar-refractivity contribution in [2.24, 2.45) is 7.05 Å². The fraction of sp³-hybridized carbons (Fsp3) is 0.349. The van der Waals surface area contributed by atoms with E-state index in [2.05, 4.69) is 15.4 Å². The molecule has 4 aromatic heterocycles. The third-order valence-corrected chi connectivity index (χ3v) is 11.1. The Balaban J connectivity index is 1.11. The highest BCUT2D eigenvalue weighted by Crippen LogP contribution is 2.34. The largest absolute Gasteiger partial charge is 0.486 e. The van der Waals surface area contributed by atoms with Gasteiger partial charge in [-0.3, -0.25) is 14.4 Å². The molecule has 2 aromatic carbocycles. The van der Waals surface area contributed by atoms with Crippen molar-refractivity contribution in [1.29, 1.82) is 0 Å². The van der Waals surface area contributed by atoms with E-state index in [0.29, 0.717) is 49.0 Å². The van der Waals surface area contributed by atoms with Gasteiger partial charge in [-0.2, -0.15) is 22.7 Å². The molecule has 2 amide bonds. The monoisotopic (exact) mass is 823 g/mol. The number of halogens is 3. The van der Waals surface area contributed by atoms with Crippen LogP contribution in [0.25, 0.3) is 22.3 Å². The van der Waals surface area contributed by atoms with Crippen LogP contribution in [0.5, 0.6) is 5.75 Å². The number of piperazine rings is 1. The molecule has 8 rings (SSSR count). The summed E-state index contributed by atoms with van der Waals surface area (Å²) < 4.78 is 56.7. The van der Waals surface area contributed by atoms with Crippen LogP contribution in [-0.4, -0.2) is 84.3 Å². The maximum absolute atomic E-state index is 14.6. The number of hydrogen-bond donors (Lipinski definition) is 1. The van der Waals surface area contributed by atoms with E-state index in [1.54, 1.807) is 15.7 Å². The quantitative estimate of drug-likeness (QED) is 0.175. The van der Waals surface area contributed by atoms with E-state index in [1.165, 1.54) is 17.5 Å². The Bertz CT molecular complexity index is 2700. The highest BCUT2D eigenvalue weighted by molar-refractivity contribution is 6.01. The third kappa shape index (κ3) is 7.72. The zero-order valence-electron chi connectivity index (χ0n) is 33.6. The Kier molecular flexibility index (Phi) is 10.9. The van der Waals surface area contributed by atoms with Gasteiger partial charge in [0.15, 0.2) is 17.3 Å². The van der Waals surface area contributed by atoms with Gasteiger partial charge in [0.25, 0.3) is 11.5 Å². The molecule has 17 heteroatoms. The SMILES string of the molecule is CCc1c(N2CCN(C(=O)c3ncc4c(ccn4C)c3OCc3ccccc3)[C@H](C)C2)c(=O)n2nc(C3=CCOCC3)nc2n1CC(=O)Nc1ccc(C(F)(F)F)cc1C. The van der Waals surface area contributed by atoms with Gasteiger partial charge in [-0.1, -0.05) is 43.3 Å². The van der Waals surface area contributed by atoms with Crippen molar-refractivity contribution in [2.45, 2.75) is 59.0 Å². The molecule has 0 saturated carbocycles. The second-order valence-electron chi connectivity index (χ2n) is 15.0. The molecule has 6 heterocycles. The lowest BCUT2D eigenvalue weighted by Gasteiger charge is -2.41. The predicted octanol–water partition coefficient (Wildman–Crippen LogP) is 6.04. The van der Waals surface area contributed by atoms with Gasteiger partial charge < -0.3 is 33.7 Å². The standard InChI is InChI=1S/C43H44F3N9O5/c1-5-33-37(52-17-18-53(27(3)23-52)40(57)36-38(60-25-28-9-7-6-8-10-28)31-13-16-51(4)34(31)22-47-36)41(58)55-42(49-39(50-55)29-14-19-59-20-15-29)54(33)24-35(56)48-32-12-11-30(21-26(32)2)43(44,45)46/h6-14,16,21-22,27H,5,15,17-20,23-25H2,1-4H3,(H,48,56)/t27-/m1/s1. The average molecular weight is 824 g/mol. The highest BCUT2D eigenvalue weighted by Gasteiger charge is 2.35. The van der Waals surface area contributed by atoms with Crippen LogP contribution in [0.2, 0.25) is 0 Å². The van der Waals surface area contributed by atoms with E-state index in [9.17, 15) is 27.6 Å². The third-order valence-electron chi connectivity index (χ3n) is 11.1. The summed E-state index contributed by atoms with van der Waals surface area (Å²) in [5.74, 6) is 0.0368. The van der Waals surface area contributed by atoms with Crippen LogP contribution in [0.15, 0.2) is 77.9 Å². The zero-order chi connectivity index (χ0) is 42.3. The van der Waals surface area contributed by atoms with E-state index in [1.807, 2.05) is 79.0 Å². The average Bonchev–Trinajstić information content (AvgIpc) is 3.86. The van der Waals surface area contributed by atoms with E-state index >= 15 is 0 Å². The number of carbonyl (C=O) groups excluding carboxylic acids is 2. The molecule has 6 aromatic rings. The second kappa shape index (κ2) is 16.3. The maximum atomic E-state index is 14.6. The van der Waals surface area contributed by atoms with Crippen molar-refractivity contribution >= 4 is 45.4 Å². The number of aryl methyl sites for hydroxylation is 2. The van der Waals surface area contributed by atoms with E-state index in [4.69, 9.17) is 14.5 Å². The second-order valence-corrected chi connectivity index (χ2v) is 15.0. The lowest BCUT2D eigenvalue weighted by Crippen LogP contribution is -2.55. The molecule has 0 bridgehead atoms. The summed E-state index contributed by atoms with van der Waals surface area (Å²) in [4.78, 5) is 55.8. The minimum atomic E-state index is -4.53. The van der Waals surface area contributed by atoms with Gasteiger partial charge in [0, 0.05) is 50.0 Å². The Morgan fingerprint density at radius 3 is 2.58 bits per heavy atom. The number of pyridine rings is 1. The van der Waals surface area contributed by atoms with Crippen LogP contribution in [-0.2, 0) is 42.3 Å². The molecular weight excluding hydrogens is 780 g/mol. The van der Waals surface area contributed by atoms with Crippen LogP contribution >= 0.6 is 0 Å². The number of alkyl halides is 3. The van der Waals surface area contributed by atoms with Crippen LogP contribution in [0.4, 0.5) is 24.5 Å². The molecule has 14 nitrogen and oxygen atoms in total. The summed E-state index contributed by atoms with van der Waals surface area (Å²) in [7, 11) is 1.90. The smallest absolute Gasteiger partial charge is 0.416 e. The number of hydrogen-bond acceptors (Lipinski definition) is 9. The van der Waals surface area contributed by atoms with Crippen molar-refractivity contribution in [3.8, 4) is 5.75 Å². The number of carbonyl (C=O) groups is 2. The van der Waals surface area contributed by atoms with Crippen LogP contribution in [0.1, 0.15) is 59.0 Å². The van der Waals surface area contributed by atoms with Crippen LogP contribution in [0.3, 0.4) is 0 Å². The molecule has 312 valence electrons. The number of aromatic nitrogens is 6. The highest BCUT2D eigenvalue weighted by atomic mass is 19.4. The molecular formula is C43H44F3N9O5. The number of rotatable bonds is 10. The van der Waals surface area contributed by atoms with E-state index in [-0.39, 0.29) is 67.5 Å². The molecule has 2 aliphatic rings. The molecule has 2 aliphatic heterocycles. The Morgan fingerprint density at radius 2 is 1.88 bits per heavy atom. The zero-order valence-corrected chi connectivity index (χ0v) is 33.6. The number of nitrogens with zero attached hydrogens (tertiary/aromatic N) is 8. The summed E-state index contributed by atoms with van der Waals surface area (Å²) in [5.41, 5.74) is 2.80. The summed E-state index contributed by atoms with van der Waals surface area (Å²) in [6.45, 7) is 6.82. The number of fused-ring (bicyclic) bond motifs is 2. The molecule has 1 N–H and O–H groups in total. The van der Waals surface area contributed by atoms with Gasteiger partial charge in [0.2, 0.25) is 11.7 Å². The molecule has 0 spiro atoms. The van der Waals surface area contributed by atoms with Gasteiger partial charge in [-0.15, -0.1) is 5.10 Å². The van der Waals surface area contributed by atoms with Crippen LogP contribution < -0.4 is 20.5 Å². The number of anilines is 2. The van der Waals surface area contributed by atoms with Gasteiger partial charge in [0.05, 0.1) is 36.2 Å². The summed E-state index contributed by atoms with van der Waals surface area (Å²) in [6, 6.07) is 14.3. The molecule has 1 fully saturated rings. The van der Waals surface area contributed by atoms with E-state index in [0.717, 1.165) is 34.2 Å². The minimum absolute atomic E-state index is 0.148. The van der Waals surface area contributed by atoms with Crippen molar-refractivity contribution in [1.82, 2.24) is 33.6 Å². The fourth-order valence-corrected chi connectivity index (χ4v) is 7.94. The summed E-state index contributed by atoms with van der Waals surface area (Å²) in [6.07, 6.45) is 1.74. The fourth-order valence-electron chi connectivity index (χ4n) is 7.94. The number of ether oxygens (including phenoxy) is 2. The van der Waals surface area contributed by atoms with Gasteiger partial charge >= 0.3 is 6.18 Å². The summed E-state index contributed by atoms with van der Waals surface area (Å²) in [5, 5.41) is 8.15. The first-order valence-electron chi connectivity index (χ1n) is 19.8. The minimum Gasteiger partial charge on any atom is -0.486 e. The van der Waals surface area contributed by atoms with Crippen molar-refractivity contribution < 1.29 is 32.2 Å². The molecule has 1 saturated heterocycles. The Hall–Kier alpha value is -6.49. The van der Waals surface area contributed by atoms with Gasteiger partial charge in [-0.05, 0) is 67.7 Å². The molecule has 0 unspecified atom stereocenters. The lowest BCUT2D eigenvalue weighted by molar-refractivity contribution is -0.137. The normalized spacial score (nSPS) is 16.1. The molecule has 0 radical (unpaired) electrons. The van der Waals surface area contributed by atoms with Crippen LogP contribution in [0, 0.1) is 6.92 Å². The first-order chi connectivity index (χ1) is 28.8. The lowest BCUT2D eigenvalue weighted by atomic mass is 10.1. The number of benzene rings is 2. The topological polar surface area (TPSA) is 141 Å². The predicted molar refractivity (Wildman–Crippen MR) is 219 cm³/mol. The first-order valence-corrected chi connectivity index (χ1v) is 19.8. The molecule has 1 atom stereocenters. The molecule has 60 heavy (non-hydrogen) atoms.